The normalized spacial score (nSPS) is 17.4. The predicted octanol–water partition coefficient (Wildman–Crippen LogP) is 2.74. The monoisotopic (exact) mass is 477 g/mol. The highest BCUT2D eigenvalue weighted by molar-refractivity contribution is 7.15. The average Bonchev–Trinajstić information content (AvgIpc) is 3.46. The topological polar surface area (TPSA) is 105 Å². The highest BCUT2D eigenvalue weighted by Gasteiger charge is 2.38. The predicted molar refractivity (Wildman–Crippen MR) is 127 cm³/mol. The summed E-state index contributed by atoms with van der Waals surface area (Å²) >= 11 is 1.37. The smallest absolute Gasteiger partial charge is 0.276 e. The lowest BCUT2D eigenvalue weighted by Crippen LogP contribution is -2.40. The van der Waals surface area contributed by atoms with Crippen molar-refractivity contribution in [1.82, 2.24) is 14.9 Å². The number of anilines is 2. The molecule has 1 unspecified atom stereocenters. The molecule has 4 heterocycles. The van der Waals surface area contributed by atoms with Crippen molar-refractivity contribution in [2.45, 2.75) is 19.4 Å². The van der Waals surface area contributed by atoms with Gasteiger partial charge in [-0.3, -0.25) is 24.7 Å². The van der Waals surface area contributed by atoms with Crippen LogP contribution in [0.3, 0.4) is 0 Å². The number of methoxy groups -OCH3 is 1. The molecule has 9 nitrogen and oxygen atoms in total. The molecule has 174 valence electrons. The lowest BCUT2D eigenvalue weighted by molar-refractivity contribution is -0.136. The fraction of sp³-hybridized carbons (Fsp3) is 0.292. The molecule has 1 aromatic carbocycles. The summed E-state index contributed by atoms with van der Waals surface area (Å²) in [6.45, 7) is 1.31. The van der Waals surface area contributed by atoms with Gasteiger partial charge in [-0.1, -0.05) is 23.5 Å². The SMILES string of the molecule is COc1cccc(N2CC(C(=O)N3CCc4nc(NC(=O)c5ccccn5)sc4C3)CC2=O)c1. The van der Waals surface area contributed by atoms with E-state index in [1.54, 1.807) is 47.4 Å². The first-order chi connectivity index (χ1) is 16.5. The molecule has 1 N–H and O–H groups in total. The Morgan fingerprint density at radius 1 is 1.21 bits per heavy atom. The van der Waals surface area contributed by atoms with E-state index in [-0.39, 0.29) is 24.1 Å². The zero-order valence-electron chi connectivity index (χ0n) is 18.6. The van der Waals surface area contributed by atoms with Crippen LogP contribution in [0.1, 0.15) is 27.5 Å². The molecule has 2 aliphatic heterocycles. The van der Waals surface area contributed by atoms with Gasteiger partial charge in [0.05, 0.1) is 25.3 Å². The first-order valence-electron chi connectivity index (χ1n) is 11.0. The van der Waals surface area contributed by atoms with E-state index >= 15 is 0 Å². The molecule has 0 radical (unpaired) electrons. The summed E-state index contributed by atoms with van der Waals surface area (Å²) in [6, 6.07) is 12.4. The molecule has 1 saturated heterocycles. The van der Waals surface area contributed by atoms with Gasteiger partial charge in [-0.2, -0.15) is 0 Å². The number of ether oxygens (including phenoxy) is 1. The molecule has 5 rings (SSSR count). The van der Waals surface area contributed by atoms with Crippen molar-refractivity contribution in [3.05, 3.63) is 64.9 Å². The minimum absolute atomic E-state index is 0.0307. The van der Waals surface area contributed by atoms with Crippen LogP contribution >= 0.6 is 11.3 Å². The van der Waals surface area contributed by atoms with Crippen molar-refractivity contribution in [2.24, 2.45) is 5.92 Å². The van der Waals surface area contributed by atoms with E-state index in [1.807, 2.05) is 18.2 Å². The number of fused-ring (bicyclic) bond motifs is 1. The number of pyridine rings is 1. The van der Waals surface area contributed by atoms with E-state index in [1.165, 1.54) is 11.3 Å². The van der Waals surface area contributed by atoms with Crippen LogP contribution in [0.4, 0.5) is 10.8 Å². The average molecular weight is 478 g/mol. The van der Waals surface area contributed by atoms with E-state index in [9.17, 15) is 14.4 Å². The van der Waals surface area contributed by atoms with Gasteiger partial charge in [0.1, 0.15) is 11.4 Å². The Morgan fingerprint density at radius 2 is 2.09 bits per heavy atom. The molecule has 0 aliphatic carbocycles. The fourth-order valence-corrected chi connectivity index (χ4v) is 5.27. The number of carbonyl (C=O) groups is 3. The lowest BCUT2D eigenvalue weighted by Gasteiger charge is -2.28. The lowest BCUT2D eigenvalue weighted by atomic mass is 10.1. The number of thiazole rings is 1. The van der Waals surface area contributed by atoms with E-state index in [4.69, 9.17) is 4.74 Å². The van der Waals surface area contributed by atoms with Gasteiger partial charge in [0.15, 0.2) is 5.13 Å². The third kappa shape index (κ3) is 4.36. The molecule has 3 aromatic rings. The summed E-state index contributed by atoms with van der Waals surface area (Å²) in [7, 11) is 1.58. The molecule has 0 saturated carbocycles. The van der Waals surface area contributed by atoms with E-state index in [0.717, 1.165) is 16.3 Å². The van der Waals surface area contributed by atoms with Gasteiger partial charge in [0, 0.05) is 48.8 Å². The van der Waals surface area contributed by atoms with E-state index in [0.29, 0.717) is 42.6 Å². The van der Waals surface area contributed by atoms with Gasteiger partial charge in [-0.15, -0.1) is 0 Å². The van der Waals surface area contributed by atoms with E-state index in [2.05, 4.69) is 15.3 Å². The van der Waals surface area contributed by atoms with Crippen LogP contribution in [0, 0.1) is 5.92 Å². The summed E-state index contributed by atoms with van der Waals surface area (Å²) in [5, 5.41) is 3.29. The second-order valence-electron chi connectivity index (χ2n) is 8.17. The largest absolute Gasteiger partial charge is 0.497 e. The molecule has 34 heavy (non-hydrogen) atoms. The van der Waals surface area contributed by atoms with Gasteiger partial charge in [0.2, 0.25) is 11.8 Å². The summed E-state index contributed by atoms with van der Waals surface area (Å²) in [4.78, 5) is 51.3. The Balaban J connectivity index is 1.24. The van der Waals surface area contributed by atoms with Gasteiger partial charge < -0.3 is 14.5 Å². The number of hydrogen-bond donors (Lipinski definition) is 1. The number of amides is 3. The maximum atomic E-state index is 13.3. The first-order valence-corrected chi connectivity index (χ1v) is 11.8. The molecule has 1 fully saturated rings. The standard InChI is InChI=1S/C24H23N5O4S/c1-33-17-6-4-5-16(12-17)29-13-15(11-21(29)30)23(32)28-10-8-18-20(14-28)34-24(26-18)27-22(31)19-7-2-3-9-25-19/h2-7,9,12,15H,8,10-11,13-14H2,1H3,(H,26,27,31). The zero-order chi connectivity index (χ0) is 23.7. The van der Waals surface area contributed by atoms with Crippen LogP contribution in [0.5, 0.6) is 5.75 Å². The number of benzene rings is 1. The number of aromatic nitrogens is 2. The third-order valence-electron chi connectivity index (χ3n) is 6.00. The summed E-state index contributed by atoms with van der Waals surface area (Å²) in [6.07, 6.45) is 2.36. The van der Waals surface area contributed by atoms with Gasteiger partial charge in [-0.25, -0.2) is 4.98 Å². The number of nitrogens with zero attached hydrogens (tertiary/aromatic N) is 4. The molecular weight excluding hydrogens is 454 g/mol. The molecule has 0 bridgehead atoms. The van der Waals surface area contributed by atoms with Gasteiger partial charge >= 0.3 is 0 Å². The molecule has 2 aromatic heterocycles. The van der Waals surface area contributed by atoms with Crippen LogP contribution in [0.25, 0.3) is 0 Å². The number of hydrogen-bond acceptors (Lipinski definition) is 7. The Bertz CT molecular complexity index is 1250. The second kappa shape index (κ2) is 9.22. The van der Waals surface area contributed by atoms with Crippen molar-refractivity contribution in [1.29, 1.82) is 0 Å². The number of carbonyl (C=O) groups excluding carboxylic acids is 3. The van der Waals surface area contributed by atoms with Crippen LogP contribution in [-0.4, -0.2) is 52.8 Å². The Kier molecular flexibility index (Phi) is 5.97. The molecule has 0 spiro atoms. The van der Waals surface area contributed by atoms with Crippen molar-refractivity contribution in [2.75, 3.05) is 30.4 Å². The Labute approximate surface area is 200 Å². The van der Waals surface area contributed by atoms with Crippen molar-refractivity contribution in [3.63, 3.8) is 0 Å². The van der Waals surface area contributed by atoms with Crippen LogP contribution < -0.4 is 15.0 Å². The molecular formula is C24H23N5O4S. The Hall–Kier alpha value is -3.79. The molecule has 2 aliphatic rings. The van der Waals surface area contributed by atoms with Crippen LogP contribution in [0.2, 0.25) is 0 Å². The van der Waals surface area contributed by atoms with Crippen molar-refractivity contribution >= 4 is 39.9 Å². The first kappa shape index (κ1) is 22.0. The number of rotatable bonds is 5. The van der Waals surface area contributed by atoms with Gasteiger partial charge in [0.25, 0.3) is 5.91 Å². The zero-order valence-corrected chi connectivity index (χ0v) is 19.4. The number of nitrogens with one attached hydrogen (secondary N) is 1. The summed E-state index contributed by atoms with van der Waals surface area (Å²) in [5.41, 5.74) is 1.95. The minimum atomic E-state index is -0.392. The molecule has 10 heteroatoms. The Morgan fingerprint density at radius 3 is 2.88 bits per heavy atom. The highest BCUT2D eigenvalue weighted by Crippen LogP contribution is 2.32. The molecule has 1 atom stereocenters. The van der Waals surface area contributed by atoms with Crippen LogP contribution in [0.15, 0.2) is 48.7 Å². The van der Waals surface area contributed by atoms with Crippen molar-refractivity contribution in [3.8, 4) is 5.75 Å². The second-order valence-corrected chi connectivity index (χ2v) is 9.26. The quantitative estimate of drug-likeness (QED) is 0.606. The highest BCUT2D eigenvalue weighted by atomic mass is 32.1. The fourth-order valence-electron chi connectivity index (χ4n) is 4.25. The molecule has 3 amide bonds. The minimum Gasteiger partial charge on any atom is -0.497 e. The van der Waals surface area contributed by atoms with Crippen molar-refractivity contribution < 1.29 is 19.1 Å². The summed E-state index contributed by atoms with van der Waals surface area (Å²) in [5.74, 6) is -0.142. The third-order valence-corrected chi connectivity index (χ3v) is 7.00. The summed E-state index contributed by atoms with van der Waals surface area (Å²) < 4.78 is 5.26. The maximum Gasteiger partial charge on any atom is 0.276 e. The maximum absolute atomic E-state index is 13.3. The van der Waals surface area contributed by atoms with E-state index < -0.39 is 5.92 Å². The van der Waals surface area contributed by atoms with Crippen LogP contribution in [-0.2, 0) is 22.6 Å². The van der Waals surface area contributed by atoms with Gasteiger partial charge in [-0.05, 0) is 24.3 Å².